The lowest BCUT2D eigenvalue weighted by atomic mass is 9.68. The largest absolute Gasteiger partial charge is 0.497 e. The first-order valence-corrected chi connectivity index (χ1v) is 11.5. The van der Waals surface area contributed by atoms with Crippen molar-refractivity contribution in [3.63, 3.8) is 0 Å². The molecule has 4 amide bonds. The van der Waals surface area contributed by atoms with Crippen molar-refractivity contribution >= 4 is 12.1 Å². The fourth-order valence-electron chi connectivity index (χ4n) is 5.91. The van der Waals surface area contributed by atoms with E-state index in [2.05, 4.69) is 21.3 Å². The zero-order valence-corrected chi connectivity index (χ0v) is 18.9. The van der Waals surface area contributed by atoms with Crippen LogP contribution in [0.15, 0.2) is 48.5 Å². The molecule has 8 heteroatoms. The summed E-state index contributed by atoms with van der Waals surface area (Å²) in [6.45, 7) is 0. The number of carbonyl (C=O) groups excluding carboxylic acids is 2. The third kappa shape index (κ3) is 3.73. The van der Waals surface area contributed by atoms with E-state index in [4.69, 9.17) is 9.47 Å². The molecule has 0 bridgehead atoms. The average molecular weight is 451 g/mol. The molecule has 2 heterocycles. The highest BCUT2D eigenvalue weighted by atomic mass is 16.5. The second-order valence-corrected chi connectivity index (χ2v) is 9.07. The maximum Gasteiger partial charge on any atom is 0.317 e. The summed E-state index contributed by atoms with van der Waals surface area (Å²) in [6, 6.07) is 14.6. The standard InChI is InChI=1S/C25H30N4O4/c1-32-17-11-7-15(8-12-17)21-19-5-3-4-6-20-22(16-9-13-18(33-2)14-10-16)27-24(31)29-25(19,20)28-23(30)26-21/h7-14,19-22H,3-6H2,1-2H3,(H2,26,28,30)(H2,27,29,31). The van der Waals surface area contributed by atoms with Crippen LogP contribution in [0.2, 0.25) is 0 Å². The number of nitrogens with one attached hydrogen (secondary N) is 4. The molecule has 1 saturated carbocycles. The number of amides is 4. The van der Waals surface area contributed by atoms with Gasteiger partial charge in [0.2, 0.25) is 0 Å². The summed E-state index contributed by atoms with van der Waals surface area (Å²) >= 11 is 0. The molecule has 1 spiro atoms. The number of urea groups is 2. The fraction of sp³-hybridized carbons (Fsp3) is 0.440. The molecular formula is C25H30N4O4. The molecule has 8 nitrogen and oxygen atoms in total. The Labute approximate surface area is 193 Å². The minimum absolute atomic E-state index is 0.0112. The van der Waals surface area contributed by atoms with Gasteiger partial charge in [-0.15, -0.1) is 0 Å². The monoisotopic (exact) mass is 450 g/mol. The van der Waals surface area contributed by atoms with Crippen LogP contribution in [0.1, 0.15) is 48.9 Å². The molecule has 2 saturated heterocycles. The Balaban J connectivity index is 1.57. The van der Waals surface area contributed by atoms with Gasteiger partial charge in [-0.3, -0.25) is 0 Å². The smallest absolute Gasteiger partial charge is 0.317 e. The quantitative estimate of drug-likeness (QED) is 0.572. The van der Waals surface area contributed by atoms with E-state index in [0.29, 0.717) is 0 Å². The number of rotatable bonds is 4. The van der Waals surface area contributed by atoms with Crippen molar-refractivity contribution < 1.29 is 19.1 Å². The van der Waals surface area contributed by atoms with Crippen LogP contribution in [0, 0.1) is 11.8 Å². The third-order valence-corrected chi connectivity index (χ3v) is 7.42. The van der Waals surface area contributed by atoms with E-state index >= 15 is 0 Å². The average Bonchev–Trinajstić information content (AvgIpc) is 3.02. The van der Waals surface area contributed by atoms with Crippen molar-refractivity contribution in [3.8, 4) is 11.5 Å². The van der Waals surface area contributed by atoms with E-state index in [1.165, 1.54) is 0 Å². The highest BCUT2D eigenvalue weighted by Crippen LogP contribution is 2.49. The lowest BCUT2D eigenvalue weighted by Gasteiger charge is -2.56. The molecule has 4 atom stereocenters. The zero-order chi connectivity index (χ0) is 23.0. The van der Waals surface area contributed by atoms with Crippen molar-refractivity contribution in [2.24, 2.45) is 11.8 Å². The van der Waals surface area contributed by atoms with Crippen LogP contribution >= 0.6 is 0 Å². The van der Waals surface area contributed by atoms with E-state index < -0.39 is 5.66 Å². The molecule has 33 heavy (non-hydrogen) atoms. The van der Waals surface area contributed by atoms with E-state index in [-0.39, 0.29) is 36.0 Å². The van der Waals surface area contributed by atoms with Gasteiger partial charge in [-0.1, -0.05) is 37.1 Å². The number of carbonyl (C=O) groups is 2. The van der Waals surface area contributed by atoms with E-state index in [1.54, 1.807) is 14.2 Å². The highest BCUT2D eigenvalue weighted by Gasteiger charge is 2.59. The summed E-state index contributed by atoms with van der Waals surface area (Å²) in [6.07, 6.45) is 3.82. The van der Waals surface area contributed by atoms with Gasteiger partial charge in [0.1, 0.15) is 17.2 Å². The van der Waals surface area contributed by atoms with Gasteiger partial charge in [-0.05, 0) is 48.2 Å². The summed E-state index contributed by atoms with van der Waals surface area (Å²) < 4.78 is 10.6. The molecule has 0 radical (unpaired) electrons. The molecule has 4 N–H and O–H groups in total. The van der Waals surface area contributed by atoms with Crippen LogP contribution < -0.4 is 30.7 Å². The predicted molar refractivity (Wildman–Crippen MR) is 123 cm³/mol. The van der Waals surface area contributed by atoms with Gasteiger partial charge in [0.05, 0.1) is 26.3 Å². The molecule has 4 unspecified atom stereocenters. The molecule has 174 valence electrons. The predicted octanol–water partition coefficient (Wildman–Crippen LogP) is 3.61. The maximum absolute atomic E-state index is 13.0. The number of benzene rings is 2. The second kappa shape index (κ2) is 8.50. The van der Waals surface area contributed by atoms with Crippen molar-refractivity contribution in [1.29, 1.82) is 0 Å². The first kappa shape index (κ1) is 21.4. The summed E-state index contributed by atoms with van der Waals surface area (Å²) in [5.41, 5.74) is 1.16. The molecule has 0 aromatic heterocycles. The molecule has 2 aromatic carbocycles. The third-order valence-electron chi connectivity index (χ3n) is 7.42. The van der Waals surface area contributed by atoms with Crippen molar-refractivity contribution in [2.75, 3.05) is 14.2 Å². The molecule has 2 aromatic rings. The van der Waals surface area contributed by atoms with Gasteiger partial charge in [0.15, 0.2) is 0 Å². The Morgan fingerprint density at radius 1 is 0.697 bits per heavy atom. The first-order valence-electron chi connectivity index (χ1n) is 11.5. The van der Waals surface area contributed by atoms with Crippen LogP contribution in [0.4, 0.5) is 9.59 Å². The van der Waals surface area contributed by atoms with E-state index in [0.717, 1.165) is 48.3 Å². The summed E-state index contributed by atoms with van der Waals surface area (Å²) in [7, 11) is 3.27. The number of methoxy groups -OCH3 is 2. The molecule has 2 aliphatic heterocycles. The molecular weight excluding hydrogens is 420 g/mol. The van der Waals surface area contributed by atoms with Gasteiger partial charge in [-0.2, -0.15) is 0 Å². The Morgan fingerprint density at radius 3 is 1.45 bits per heavy atom. The van der Waals surface area contributed by atoms with E-state index in [9.17, 15) is 9.59 Å². The summed E-state index contributed by atoms with van der Waals surface area (Å²) in [5, 5.41) is 12.6. The maximum atomic E-state index is 13.0. The van der Waals surface area contributed by atoms with Crippen LogP contribution in [-0.4, -0.2) is 31.9 Å². The zero-order valence-electron chi connectivity index (χ0n) is 18.9. The van der Waals surface area contributed by atoms with Crippen LogP contribution in [0.5, 0.6) is 11.5 Å². The van der Waals surface area contributed by atoms with Gasteiger partial charge >= 0.3 is 12.1 Å². The SMILES string of the molecule is COc1ccc(C2NC(=O)NC34NC(=O)NC(c5ccc(OC)cc5)C3CCCCC24)cc1. The first-order chi connectivity index (χ1) is 16.0. The minimum Gasteiger partial charge on any atom is -0.497 e. The Kier molecular flexibility index (Phi) is 5.52. The van der Waals surface area contributed by atoms with Gasteiger partial charge in [-0.25, -0.2) is 9.59 Å². The topological polar surface area (TPSA) is 101 Å². The molecule has 5 rings (SSSR count). The highest BCUT2D eigenvalue weighted by molar-refractivity contribution is 5.81. The van der Waals surface area contributed by atoms with Crippen molar-refractivity contribution in [2.45, 2.75) is 43.4 Å². The van der Waals surface area contributed by atoms with Crippen LogP contribution in [0.3, 0.4) is 0 Å². The Hall–Kier alpha value is -3.42. The fourth-order valence-corrected chi connectivity index (χ4v) is 5.91. The van der Waals surface area contributed by atoms with Crippen molar-refractivity contribution in [1.82, 2.24) is 21.3 Å². The Morgan fingerprint density at radius 2 is 1.09 bits per heavy atom. The minimum atomic E-state index is -0.851. The van der Waals surface area contributed by atoms with E-state index in [1.807, 2.05) is 48.5 Å². The summed E-state index contributed by atoms with van der Waals surface area (Å²) in [5.74, 6) is 1.51. The molecule has 1 aliphatic carbocycles. The number of ether oxygens (including phenoxy) is 2. The van der Waals surface area contributed by atoms with Crippen LogP contribution in [-0.2, 0) is 0 Å². The van der Waals surface area contributed by atoms with Gasteiger partial charge in [0.25, 0.3) is 0 Å². The normalized spacial score (nSPS) is 30.8. The van der Waals surface area contributed by atoms with Crippen molar-refractivity contribution in [3.05, 3.63) is 59.7 Å². The Bertz CT molecular complexity index is 940. The summed E-state index contributed by atoms with van der Waals surface area (Å²) in [4.78, 5) is 26.0. The lowest BCUT2D eigenvalue weighted by Crippen LogP contribution is -2.79. The van der Waals surface area contributed by atoms with Gasteiger partial charge in [0, 0.05) is 11.8 Å². The second-order valence-electron chi connectivity index (χ2n) is 9.07. The lowest BCUT2D eigenvalue weighted by molar-refractivity contribution is 0.0240. The number of hydrogen-bond donors (Lipinski definition) is 4. The van der Waals surface area contributed by atoms with Gasteiger partial charge < -0.3 is 30.7 Å². The molecule has 3 fully saturated rings. The van der Waals surface area contributed by atoms with Crippen LogP contribution in [0.25, 0.3) is 0 Å². The molecule has 3 aliphatic rings. The number of hydrogen-bond acceptors (Lipinski definition) is 4.